The largest absolute Gasteiger partial charge is 0.377 e. The molecule has 0 aliphatic rings. The zero-order chi connectivity index (χ0) is 11.0. The van der Waals surface area contributed by atoms with Gasteiger partial charge < -0.3 is 0 Å². The van der Waals surface area contributed by atoms with Gasteiger partial charge in [0, 0.05) is 0 Å². The number of benzene rings is 1. The van der Waals surface area contributed by atoms with Crippen LogP contribution in [-0.2, 0) is 18.0 Å². The van der Waals surface area contributed by atoms with Crippen LogP contribution in [0.3, 0.4) is 0 Å². The third-order valence-electron chi connectivity index (χ3n) is 1.38. The number of rotatable bonds is 2. The van der Waals surface area contributed by atoms with Gasteiger partial charge in [0.15, 0.2) is 0 Å². The van der Waals surface area contributed by atoms with Crippen LogP contribution in [-0.4, -0.2) is 21.4 Å². The first-order valence-electron chi connectivity index (χ1n) is 3.23. The van der Waals surface area contributed by atoms with Crippen LogP contribution in [0.25, 0.3) is 0 Å². The van der Waals surface area contributed by atoms with Gasteiger partial charge in [-0.25, -0.2) is 12.8 Å². The molecule has 0 saturated heterocycles. The summed E-state index contributed by atoms with van der Waals surface area (Å²) in [7, 11) is -10.1. The van der Waals surface area contributed by atoms with Gasteiger partial charge in [0.05, 0.1) is 4.90 Å². The molecular formula is C6H5FO5S2. The fraction of sp³-hybridized carbons (Fsp3) is 0. The molecule has 0 radical (unpaired) electrons. The second-order valence-corrected chi connectivity index (χ2v) is 7.15. The first-order chi connectivity index (χ1) is 6.25. The van der Waals surface area contributed by atoms with Crippen molar-refractivity contribution in [3.63, 3.8) is 0 Å². The van der Waals surface area contributed by atoms with E-state index in [1.165, 1.54) is 0 Å². The Morgan fingerprint density at radius 2 is 1.43 bits per heavy atom. The Morgan fingerprint density at radius 1 is 1.00 bits per heavy atom. The van der Waals surface area contributed by atoms with E-state index in [1.807, 2.05) is 0 Å². The van der Waals surface area contributed by atoms with Crippen LogP contribution in [0.5, 0.6) is 0 Å². The van der Waals surface area contributed by atoms with E-state index in [0.29, 0.717) is 0 Å². The van der Waals surface area contributed by atoms with Gasteiger partial charge in [-0.05, 0) is 24.3 Å². The summed E-state index contributed by atoms with van der Waals surface area (Å²) in [6, 6.07) is 3.05. The maximum Gasteiger partial charge on any atom is 0.377 e. The van der Waals surface area contributed by atoms with Crippen molar-refractivity contribution in [2.24, 2.45) is 0 Å². The molecule has 0 unspecified atom stereocenters. The summed E-state index contributed by atoms with van der Waals surface area (Å²) >= 11 is 0. The lowest BCUT2D eigenvalue weighted by Gasteiger charge is -1.99. The van der Waals surface area contributed by atoms with Gasteiger partial charge in [-0.1, -0.05) is 0 Å². The van der Waals surface area contributed by atoms with E-state index in [4.69, 9.17) is 4.55 Å². The standard InChI is InChI=1S/C6H5FO5S2/c7-5-1-3-6(4-2-5)13(8,9)14(10,11)12/h1-4H,(H,10,11,12). The molecule has 8 heteroatoms. The summed E-state index contributed by atoms with van der Waals surface area (Å²) in [6.45, 7) is 0. The molecule has 0 bridgehead atoms. The highest BCUT2D eigenvalue weighted by molar-refractivity contribution is 8.64. The molecule has 0 atom stereocenters. The van der Waals surface area contributed by atoms with Crippen molar-refractivity contribution >= 4 is 18.0 Å². The lowest BCUT2D eigenvalue weighted by molar-refractivity contribution is 0.493. The van der Waals surface area contributed by atoms with E-state index in [0.717, 1.165) is 24.3 Å². The monoisotopic (exact) mass is 240 g/mol. The van der Waals surface area contributed by atoms with E-state index in [2.05, 4.69) is 0 Å². The number of hydrogen-bond donors (Lipinski definition) is 1. The SMILES string of the molecule is O=S(=O)(O)S(=O)(=O)c1ccc(F)cc1. The Labute approximate surface area is 79.3 Å². The first-order valence-corrected chi connectivity index (χ1v) is 6.67. The molecule has 0 aromatic heterocycles. The number of hydrogen-bond acceptors (Lipinski definition) is 4. The molecular weight excluding hydrogens is 235 g/mol. The molecule has 78 valence electrons. The highest BCUT2D eigenvalue weighted by Gasteiger charge is 2.29. The van der Waals surface area contributed by atoms with E-state index in [-0.39, 0.29) is 0 Å². The van der Waals surface area contributed by atoms with E-state index < -0.39 is 28.7 Å². The van der Waals surface area contributed by atoms with Crippen LogP contribution < -0.4 is 0 Å². The van der Waals surface area contributed by atoms with Crippen LogP contribution in [0.15, 0.2) is 29.2 Å². The van der Waals surface area contributed by atoms with Crippen LogP contribution in [0.2, 0.25) is 0 Å². The summed E-state index contributed by atoms with van der Waals surface area (Å²) in [6.07, 6.45) is 0. The fourth-order valence-electron chi connectivity index (χ4n) is 0.723. The quantitative estimate of drug-likeness (QED) is 0.597. The molecule has 1 N–H and O–H groups in total. The van der Waals surface area contributed by atoms with Crippen molar-refractivity contribution in [1.82, 2.24) is 0 Å². The minimum atomic E-state index is -5.22. The zero-order valence-electron chi connectivity index (χ0n) is 6.58. The second-order valence-electron chi connectivity index (χ2n) is 2.34. The molecule has 1 aromatic rings. The minimum absolute atomic E-state index is 0.679. The van der Waals surface area contributed by atoms with Gasteiger partial charge in [-0.3, -0.25) is 4.55 Å². The summed E-state index contributed by atoms with van der Waals surface area (Å²) in [4.78, 5) is -0.679. The molecule has 0 heterocycles. The number of halogens is 1. The minimum Gasteiger partial charge on any atom is -0.273 e. The van der Waals surface area contributed by atoms with Crippen molar-refractivity contribution in [2.75, 3.05) is 0 Å². The molecule has 1 aromatic carbocycles. The molecule has 0 aliphatic carbocycles. The molecule has 5 nitrogen and oxygen atoms in total. The van der Waals surface area contributed by atoms with Gasteiger partial charge in [0.1, 0.15) is 5.82 Å². The Balaban J connectivity index is 3.40. The summed E-state index contributed by atoms with van der Waals surface area (Å²) in [5.74, 6) is -0.709. The molecule has 0 aliphatic heterocycles. The average Bonchev–Trinajstić information content (AvgIpc) is 2.03. The predicted octanol–water partition coefficient (Wildman–Crippen LogP) is 0.402. The Bertz CT molecular complexity index is 528. The van der Waals surface area contributed by atoms with E-state index in [1.54, 1.807) is 0 Å². The van der Waals surface area contributed by atoms with Crippen LogP contribution in [0.1, 0.15) is 0 Å². The third kappa shape index (κ3) is 1.91. The molecule has 14 heavy (non-hydrogen) atoms. The molecule has 0 spiro atoms. The van der Waals surface area contributed by atoms with Crippen molar-refractivity contribution in [3.05, 3.63) is 30.1 Å². The van der Waals surface area contributed by atoms with Crippen molar-refractivity contribution < 1.29 is 25.8 Å². The Hall–Kier alpha value is -0.990. The van der Waals surface area contributed by atoms with E-state index in [9.17, 15) is 21.2 Å². The lowest BCUT2D eigenvalue weighted by atomic mass is 10.4. The zero-order valence-corrected chi connectivity index (χ0v) is 8.22. The molecule has 1 rings (SSSR count). The van der Waals surface area contributed by atoms with Crippen molar-refractivity contribution in [3.8, 4) is 0 Å². The Morgan fingerprint density at radius 3 is 1.79 bits per heavy atom. The highest BCUT2D eigenvalue weighted by Crippen LogP contribution is 2.15. The summed E-state index contributed by atoms with van der Waals surface area (Å²) in [5.41, 5.74) is 0. The van der Waals surface area contributed by atoms with Crippen molar-refractivity contribution in [1.29, 1.82) is 0 Å². The smallest absolute Gasteiger partial charge is 0.273 e. The fourth-order valence-corrected chi connectivity index (χ4v) is 2.50. The summed E-state index contributed by atoms with van der Waals surface area (Å²) in [5, 5.41) is 0. The first kappa shape index (κ1) is 11.1. The van der Waals surface area contributed by atoms with Gasteiger partial charge >= 0.3 is 18.0 Å². The van der Waals surface area contributed by atoms with Gasteiger partial charge in [0.2, 0.25) is 0 Å². The normalized spacial score (nSPS) is 12.7. The maximum absolute atomic E-state index is 12.4. The lowest BCUT2D eigenvalue weighted by Crippen LogP contribution is -2.14. The molecule has 0 fully saturated rings. The van der Waals surface area contributed by atoms with Crippen LogP contribution >= 0.6 is 0 Å². The average molecular weight is 240 g/mol. The van der Waals surface area contributed by atoms with Gasteiger partial charge in [-0.15, -0.1) is 0 Å². The highest BCUT2D eigenvalue weighted by atomic mass is 33.2. The predicted molar refractivity (Wildman–Crippen MR) is 45.1 cm³/mol. The molecule has 0 amide bonds. The Kier molecular flexibility index (Phi) is 2.61. The third-order valence-corrected chi connectivity index (χ3v) is 5.02. The topological polar surface area (TPSA) is 88.5 Å². The second kappa shape index (κ2) is 3.30. The maximum atomic E-state index is 12.4. The van der Waals surface area contributed by atoms with Crippen molar-refractivity contribution in [2.45, 2.75) is 4.90 Å². The molecule has 0 saturated carbocycles. The van der Waals surface area contributed by atoms with E-state index >= 15 is 0 Å². The van der Waals surface area contributed by atoms with Crippen LogP contribution in [0, 0.1) is 5.82 Å². The van der Waals surface area contributed by atoms with Crippen LogP contribution in [0.4, 0.5) is 4.39 Å². The van der Waals surface area contributed by atoms with Gasteiger partial charge in [0.25, 0.3) is 0 Å². The van der Waals surface area contributed by atoms with Gasteiger partial charge in [-0.2, -0.15) is 8.42 Å². The summed E-state index contributed by atoms with van der Waals surface area (Å²) < 4.78 is 63.6.